The van der Waals surface area contributed by atoms with Crippen LogP contribution in [-0.4, -0.2) is 15.0 Å². The minimum absolute atomic E-state index is 0.0973. The minimum Gasteiger partial charge on any atom is -0.446 e. The third-order valence-electron chi connectivity index (χ3n) is 2.24. The second kappa shape index (κ2) is 4.78. The molecule has 0 radical (unpaired) electrons. The van der Waals surface area contributed by atoms with Crippen molar-refractivity contribution in [3.63, 3.8) is 0 Å². The molecule has 3 aromatic heterocycles. The van der Waals surface area contributed by atoms with Crippen LogP contribution in [0.1, 0.15) is 0 Å². The van der Waals surface area contributed by atoms with Gasteiger partial charge in [-0.2, -0.15) is 9.97 Å². The summed E-state index contributed by atoms with van der Waals surface area (Å²) in [6.07, 6.45) is 0. The Labute approximate surface area is 124 Å². The first-order chi connectivity index (χ1) is 9.11. The average molecular weight is 386 g/mol. The Bertz CT molecular complexity index is 679. The van der Waals surface area contributed by atoms with E-state index in [0.29, 0.717) is 32.5 Å². The largest absolute Gasteiger partial charge is 0.446 e. The number of nitrogens with zero attached hydrogens (tertiary/aromatic N) is 3. The first-order valence-corrected chi connectivity index (χ1v) is 6.73. The molecule has 0 fully saturated rings. The Morgan fingerprint density at radius 3 is 1.63 bits per heavy atom. The fraction of sp³-hybridized carbons (Fsp3) is 0. The number of rotatable bonds is 2. The zero-order valence-corrected chi connectivity index (χ0v) is 12.5. The summed E-state index contributed by atoms with van der Waals surface area (Å²) in [4.78, 5) is 12.3. The van der Waals surface area contributed by atoms with Crippen LogP contribution in [0.4, 0.5) is 5.95 Å². The molecular weight excluding hydrogens is 380 g/mol. The first-order valence-electron chi connectivity index (χ1n) is 5.15. The van der Waals surface area contributed by atoms with Crippen LogP contribution in [0.15, 0.2) is 42.4 Å². The van der Waals surface area contributed by atoms with Crippen molar-refractivity contribution >= 4 is 37.8 Å². The number of aromatic nitrogens is 3. The number of hydrogen-bond donors (Lipinski definition) is 1. The summed E-state index contributed by atoms with van der Waals surface area (Å²) < 4.78 is 12.0. The molecule has 0 aromatic carbocycles. The molecule has 0 unspecified atom stereocenters. The fourth-order valence-electron chi connectivity index (χ4n) is 1.48. The van der Waals surface area contributed by atoms with Gasteiger partial charge in [0.1, 0.15) is 0 Å². The van der Waals surface area contributed by atoms with Crippen LogP contribution < -0.4 is 5.73 Å². The standard InChI is InChI=1S/C11H6Br2N4O2/c12-7-3-1-5(18-7)9-15-10(17-11(14)16-9)6-2-4-8(13)19-6/h1-4H,(H2,14,15,16,17). The Morgan fingerprint density at radius 1 is 0.789 bits per heavy atom. The summed E-state index contributed by atoms with van der Waals surface area (Å²) in [6, 6.07) is 6.97. The third kappa shape index (κ3) is 2.54. The van der Waals surface area contributed by atoms with Gasteiger partial charge < -0.3 is 14.6 Å². The molecule has 3 rings (SSSR count). The molecule has 0 aliphatic carbocycles. The molecule has 0 atom stereocenters. The van der Waals surface area contributed by atoms with E-state index in [9.17, 15) is 0 Å². The van der Waals surface area contributed by atoms with Crippen LogP contribution >= 0.6 is 31.9 Å². The van der Waals surface area contributed by atoms with Crippen molar-refractivity contribution in [2.45, 2.75) is 0 Å². The topological polar surface area (TPSA) is 91.0 Å². The maximum absolute atomic E-state index is 5.68. The molecule has 0 saturated carbocycles. The van der Waals surface area contributed by atoms with E-state index >= 15 is 0 Å². The molecule has 0 aliphatic rings. The first kappa shape index (κ1) is 12.4. The molecule has 0 bridgehead atoms. The second-order valence-electron chi connectivity index (χ2n) is 3.55. The number of anilines is 1. The van der Waals surface area contributed by atoms with Crippen molar-refractivity contribution < 1.29 is 8.83 Å². The van der Waals surface area contributed by atoms with Crippen LogP contribution in [0.3, 0.4) is 0 Å². The number of nitrogen functional groups attached to an aromatic ring is 1. The van der Waals surface area contributed by atoms with Gasteiger partial charge in [-0.3, -0.25) is 0 Å². The van der Waals surface area contributed by atoms with Crippen molar-refractivity contribution in [3.05, 3.63) is 33.6 Å². The van der Waals surface area contributed by atoms with Crippen LogP contribution in [0.2, 0.25) is 0 Å². The van der Waals surface area contributed by atoms with Gasteiger partial charge in [-0.25, -0.2) is 4.98 Å². The van der Waals surface area contributed by atoms with Gasteiger partial charge in [0.25, 0.3) is 0 Å². The SMILES string of the molecule is Nc1nc(-c2ccc(Br)o2)nc(-c2ccc(Br)o2)n1. The predicted octanol–water partition coefficient (Wildman–Crippen LogP) is 3.50. The molecule has 0 amide bonds. The van der Waals surface area contributed by atoms with Gasteiger partial charge in [0.05, 0.1) is 0 Å². The molecule has 0 spiro atoms. The van der Waals surface area contributed by atoms with Crippen LogP contribution in [0.5, 0.6) is 0 Å². The van der Waals surface area contributed by atoms with E-state index in [1.165, 1.54) is 0 Å². The van der Waals surface area contributed by atoms with Gasteiger partial charge in [0.2, 0.25) is 17.6 Å². The van der Waals surface area contributed by atoms with E-state index in [2.05, 4.69) is 46.8 Å². The smallest absolute Gasteiger partial charge is 0.224 e. The molecule has 2 N–H and O–H groups in total. The van der Waals surface area contributed by atoms with E-state index in [-0.39, 0.29) is 5.95 Å². The minimum atomic E-state index is 0.0973. The van der Waals surface area contributed by atoms with E-state index in [1.807, 2.05) is 0 Å². The molecule has 3 aromatic rings. The van der Waals surface area contributed by atoms with Crippen molar-refractivity contribution in [1.82, 2.24) is 15.0 Å². The summed E-state index contributed by atoms with van der Waals surface area (Å²) in [5.74, 6) is 1.78. The zero-order valence-electron chi connectivity index (χ0n) is 9.30. The van der Waals surface area contributed by atoms with Crippen LogP contribution in [0.25, 0.3) is 23.2 Å². The molecule has 3 heterocycles. The highest BCUT2D eigenvalue weighted by atomic mass is 79.9. The summed E-state index contributed by atoms with van der Waals surface area (Å²) in [5, 5.41) is 0. The lowest BCUT2D eigenvalue weighted by Crippen LogP contribution is -2.01. The van der Waals surface area contributed by atoms with Gasteiger partial charge in [0.15, 0.2) is 20.9 Å². The third-order valence-corrected chi connectivity index (χ3v) is 3.09. The van der Waals surface area contributed by atoms with Crippen LogP contribution in [0, 0.1) is 0 Å². The number of nitrogens with two attached hydrogens (primary N) is 1. The maximum Gasteiger partial charge on any atom is 0.224 e. The molecule has 0 aliphatic heterocycles. The Balaban J connectivity index is 2.10. The Morgan fingerprint density at radius 2 is 1.26 bits per heavy atom. The summed E-state index contributed by atoms with van der Waals surface area (Å²) in [6.45, 7) is 0. The van der Waals surface area contributed by atoms with Crippen molar-refractivity contribution in [2.75, 3.05) is 5.73 Å². The highest BCUT2D eigenvalue weighted by molar-refractivity contribution is 9.10. The van der Waals surface area contributed by atoms with E-state index in [1.54, 1.807) is 24.3 Å². The van der Waals surface area contributed by atoms with E-state index in [0.717, 1.165) is 0 Å². The number of furan rings is 2. The average Bonchev–Trinajstić information content (AvgIpc) is 2.97. The molecule has 19 heavy (non-hydrogen) atoms. The molecule has 8 heteroatoms. The monoisotopic (exact) mass is 384 g/mol. The highest BCUT2D eigenvalue weighted by Crippen LogP contribution is 2.26. The Hall–Kier alpha value is -1.67. The quantitative estimate of drug-likeness (QED) is 0.725. The molecule has 0 saturated heterocycles. The summed E-state index contributed by atoms with van der Waals surface area (Å²) in [7, 11) is 0. The predicted molar refractivity (Wildman–Crippen MR) is 75.0 cm³/mol. The van der Waals surface area contributed by atoms with Crippen LogP contribution in [-0.2, 0) is 0 Å². The van der Waals surface area contributed by atoms with Gasteiger partial charge in [-0.05, 0) is 56.1 Å². The summed E-state index contributed by atoms with van der Waals surface area (Å²) >= 11 is 6.44. The van der Waals surface area contributed by atoms with Crippen molar-refractivity contribution in [3.8, 4) is 23.2 Å². The van der Waals surface area contributed by atoms with Gasteiger partial charge in [-0.1, -0.05) is 0 Å². The zero-order chi connectivity index (χ0) is 13.4. The molecular formula is C11H6Br2N4O2. The van der Waals surface area contributed by atoms with E-state index in [4.69, 9.17) is 14.6 Å². The van der Waals surface area contributed by atoms with E-state index < -0.39 is 0 Å². The van der Waals surface area contributed by atoms with Gasteiger partial charge in [-0.15, -0.1) is 0 Å². The van der Waals surface area contributed by atoms with Gasteiger partial charge >= 0.3 is 0 Å². The highest BCUT2D eigenvalue weighted by Gasteiger charge is 2.13. The maximum atomic E-state index is 5.68. The van der Waals surface area contributed by atoms with Crippen molar-refractivity contribution in [1.29, 1.82) is 0 Å². The summed E-state index contributed by atoms with van der Waals surface area (Å²) in [5.41, 5.74) is 5.68. The Kier molecular flexibility index (Phi) is 3.11. The lowest BCUT2D eigenvalue weighted by atomic mass is 10.4. The lowest BCUT2D eigenvalue weighted by molar-refractivity contribution is 0.546. The second-order valence-corrected chi connectivity index (χ2v) is 5.11. The number of halogens is 2. The van der Waals surface area contributed by atoms with Gasteiger partial charge in [0, 0.05) is 0 Å². The normalized spacial score (nSPS) is 10.8. The lowest BCUT2D eigenvalue weighted by Gasteiger charge is -2.00. The number of hydrogen-bond acceptors (Lipinski definition) is 6. The van der Waals surface area contributed by atoms with Crippen molar-refractivity contribution in [2.24, 2.45) is 0 Å². The molecule has 6 nitrogen and oxygen atoms in total. The molecule has 96 valence electrons. The fourth-order valence-corrected chi connectivity index (χ4v) is 2.09.